The maximum Gasteiger partial charge on any atom is 0.123 e. The number of nitrogens with zero attached hydrogens (tertiary/aromatic N) is 2. The lowest BCUT2D eigenvalue weighted by Gasteiger charge is -2.16. The Balaban J connectivity index is 1.82. The van der Waals surface area contributed by atoms with Crippen LogP contribution in [0.1, 0.15) is 96.8 Å². The number of nitrogens with two attached hydrogens (primary N) is 1. The van der Waals surface area contributed by atoms with Crippen LogP contribution >= 0.6 is 0 Å². The Morgan fingerprint density at radius 3 is 2.00 bits per heavy atom. The number of hydrogen-bond acceptors (Lipinski definition) is 3. The third-order valence-corrected chi connectivity index (χ3v) is 5.11. The highest BCUT2D eigenvalue weighted by atomic mass is 15.2. The summed E-state index contributed by atoms with van der Waals surface area (Å²) in [6.07, 6.45) is 24.2. The van der Waals surface area contributed by atoms with Crippen molar-refractivity contribution in [3.63, 3.8) is 0 Å². The fourth-order valence-corrected chi connectivity index (χ4v) is 3.51. The summed E-state index contributed by atoms with van der Waals surface area (Å²) in [4.78, 5) is 6.83. The molecule has 0 aromatic carbocycles. The molecule has 0 aromatic heterocycles. The van der Waals surface area contributed by atoms with Crippen molar-refractivity contribution in [2.45, 2.75) is 96.8 Å². The van der Waals surface area contributed by atoms with E-state index in [1.807, 2.05) is 0 Å². The molecule has 146 valence electrons. The fourth-order valence-electron chi connectivity index (χ4n) is 3.51. The van der Waals surface area contributed by atoms with E-state index in [-0.39, 0.29) is 0 Å². The van der Waals surface area contributed by atoms with Gasteiger partial charge in [0.05, 0.1) is 6.54 Å². The molecule has 0 amide bonds. The molecular formula is C22H43N3. The molecule has 0 unspecified atom stereocenters. The van der Waals surface area contributed by atoms with Gasteiger partial charge >= 0.3 is 0 Å². The van der Waals surface area contributed by atoms with Gasteiger partial charge in [-0.2, -0.15) is 0 Å². The highest BCUT2D eigenvalue weighted by molar-refractivity contribution is 5.94. The lowest BCUT2D eigenvalue weighted by molar-refractivity contribution is 0.469. The largest absolute Gasteiger partial charge is 0.354 e. The number of amidine groups is 1. The van der Waals surface area contributed by atoms with E-state index < -0.39 is 0 Å². The minimum atomic E-state index is 0.714. The quantitative estimate of drug-likeness (QED) is 0.342. The van der Waals surface area contributed by atoms with Crippen LogP contribution in [0.25, 0.3) is 0 Å². The van der Waals surface area contributed by atoms with Gasteiger partial charge in [-0.3, -0.25) is 4.99 Å². The predicted octanol–water partition coefficient (Wildman–Crippen LogP) is 5.70. The number of aliphatic imine (C=N–C) groups is 1. The van der Waals surface area contributed by atoms with Crippen LogP contribution in [0.3, 0.4) is 0 Å². The summed E-state index contributed by atoms with van der Waals surface area (Å²) in [7, 11) is 0. The SMILES string of the molecule is CCCCCCCCCCCCCCCC=CC1=NCCN1CCN. The first-order valence-corrected chi connectivity index (χ1v) is 11.0. The molecule has 0 spiro atoms. The van der Waals surface area contributed by atoms with Gasteiger partial charge < -0.3 is 10.6 Å². The minimum absolute atomic E-state index is 0.714. The second-order valence-corrected chi connectivity index (χ2v) is 7.45. The van der Waals surface area contributed by atoms with E-state index >= 15 is 0 Å². The molecule has 0 aliphatic carbocycles. The molecule has 0 saturated heterocycles. The molecule has 1 aliphatic heterocycles. The molecule has 0 bridgehead atoms. The van der Waals surface area contributed by atoms with E-state index in [4.69, 9.17) is 5.73 Å². The van der Waals surface area contributed by atoms with Gasteiger partial charge in [-0.05, 0) is 18.9 Å². The molecule has 0 saturated carbocycles. The Hall–Kier alpha value is -0.830. The third kappa shape index (κ3) is 12.2. The van der Waals surface area contributed by atoms with Crippen molar-refractivity contribution in [2.24, 2.45) is 10.7 Å². The number of hydrogen-bond donors (Lipinski definition) is 1. The average molecular weight is 350 g/mol. The van der Waals surface area contributed by atoms with Crippen LogP contribution in [0.2, 0.25) is 0 Å². The number of rotatable bonds is 17. The van der Waals surface area contributed by atoms with Gasteiger partial charge in [0.25, 0.3) is 0 Å². The van der Waals surface area contributed by atoms with Crippen LogP contribution in [0, 0.1) is 0 Å². The molecule has 0 atom stereocenters. The summed E-state index contributed by atoms with van der Waals surface area (Å²) < 4.78 is 0. The van der Waals surface area contributed by atoms with Crippen molar-refractivity contribution in [3.8, 4) is 0 Å². The Labute approximate surface area is 157 Å². The Bertz CT molecular complexity index is 349. The molecule has 0 radical (unpaired) electrons. The van der Waals surface area contributed by atoms with Crippen LogP contribution in [-0.2, 0) is 0 Å². The average Bonchev–Trinajstić information content (AvgIpc) is 3.06. The normalized spacial score (nSPS) is 14.6. The lowest BCUT2D eigenvalue weighted by atomic mass is 10.0. The maximum absolute atomic E-state index is 5.64. The summed E-state index contributed by atoms with van der Waals surface area (Å²) in [5, 5.41) is 0. The van der Waals surface area contributed by atoms with Gasteiger partial charge in [-0.1, -0.05) is 90.0 Å². The second-order valence-electron chi connectivity index (χ2n) is 7.45. The molecule has 2 N–H and O–H groups in total. The first kappa shape index (κ1) is 22.2. The zero-order valence-corrected chi connectivity index (χ0v) is 16.9. The van der Waals surface area contributed by atoms with Gasteiger partial charge in [0.2, 0.25) is 0 Å². The molecule has 0 fully saturated rings. The second kappa shape index (κ2) is 16.6. The van der Waals surface area contributed by atoms with Crippen LogP contribution in [0.15, 0.2) is 17.1 Å². The summed E-state index contributed by atoms with van der Waals surface area (Å²) >= 11 is 0. The molecule has 1 heterocycles. The van der Waals surface area contributed by atoms with E-state index in [1.54, 1.807) is 0 Å². The van der Waals surface area contributed by atoms with Crippen molar-refractivity contribution in [1.29, 1.82) is 0 Å². The maximum atomic E-state index is 5.64. The molecular weight excluding hydrogens is 306 g/mol. The standard InChI is InChI=1S/C22H43N3/c1-2-3-4-5-6-7-8-9-10-11-12-13-14-15-16-17-22-24-19-21-25(22)20-18-23/h16-17H,2-15,18-21,23H2,1H3. The summed E-state index contributed by atoms with van der Waals surface area (Å²) in [6, 6.07) is 0. The Morgan fingerprint density at radius 2 is 1.44 bits per heavy atom. The van der Waals surface area contributed by atoms with Crippen molar-refractivity contribution in [1.82, 2.24) is 4.90 Å². The van der Waals surface area contributed by atoms with Crippen molar-refractivity contribution >= 4 is 5.84 Å². The monoisotopic (exact) mass is 349 g/mol. The van der Waals surface area contributed by atoms with Gasteiger partial charge in [0.1, 0.15) is 5.84 Å². The number of allylic oxidation sites excluding steroid dienone is 1. The van der Waals surface area contributed by atoms with E-state index in [0.717, 1.165) is 25.5 Å². The zero-order valence-electron chi connectivity index (χ0n) is 16.9. The predicted molar refractivity (Wildman–Crippen MR) is 112 cm³/mol. The lowest BCUT2D eigenvalue weighted by Crippen LogP contribution is -2.31. The van der Waals surface area contributed by atoms with E-state index in [2.05, 4.69) is 29.0 Å². The van der Waals surface area contributed by atoms with Gasteiger partial charge in [0.15, 0.2) is 0 Å². The van der Waals surface area contributed by atoms with Crippen molar-refractivity contribution in [2.75, 3.05) is 26.2 Å². The molecule has 0 aromatic rings. The van der Waals surface area contributed by atoms with Crippen LogP contribution < -0.4 is 5.73 Å². The summed E-state index contributed by atoms with van der Waals surface area (Å²) in [5.74, 6) is 1.14. The summed E-state index contributed by atoms with van der Waals surface area (Å²) in [5.41, 5.74) is 5.64. The van der Waals surface area contributed by atoms with Gasteiger partial charge in [0, 0.05) is 19.6 Å². The molecule has 3 heteroatoms. The first-order chi connectivity index (χ1) is 12.4. The fraction of sp³-hybridized carbons (Fsp3) is 0.864. The highest BCUT2D eigenvalue weighted by Crippen LogP contribution is 2.13. The smallest absolute Gasteiger partial charge is 0.123 e. The molecule has 1 aliphatic rings. The van der Waals surface area contributed by atoms with E-state index in [1.165, 1.54) is 89.9 Å². The van der Waals surface area contributed by atoms with Crippen molar-refractivity contribution < 1.29 is 0 Å². The van der Waals surface area contributed by atoms with Crippen LogP contribution in [0.4, 0.5) is 0 Å². The Morgan fingerprint density at radius 1 is 0.880 bits per heavy atom. The van der Waals surface area contributed by atoms with Crippen LogP contribution in [0.5, 0.6) is 0 Å². The van der Waals surface area contributed by atoms with Gasteiger partial charge in [-0.15, -0.1) is 0 Å². The first-order valence-electron chi connectivity index (χ1n) is 11.0. The Kier molecular flexibility index (Phi) is 14.8. The van der Waals surface area contributed by atoms with E-state index in [9.17, 15) is 0 Å². The zero-order chi connectivity index (χ0) is 18.0. The topological polar surface area (TPSA) is 41.6 Å². The minimum Gasteiger partial charge on any atom is -0.354 e. The third-order valence-electron chi connectivity index (χ3n) is 5.11. The summed E-state index contributed by atoms with van der Waals surface area (Å²) in [6.45, 7) is 5.90. The molecule has 3 nitrogen and oxygen atoms in total. The van der Waals surface area contributed by atoms with Gasteiger partial charge in [-0.25, -0.2) is 0 Å². The van der Waals surface area contributed by atoms with E-state index in [0.29, 0.717) is 6.54 Å². The van der Waals surface area contributed by atoms with Crippen LogP contribution in [-0.4, -0.2) is 36.9 Å². The number of unbranched alkanes of at least 4 members (excludes halogenated alkanes) is 13. The molecule has 1 rings (SSSR count). The highest BCUT2D eigenvalue weighted by Gasteiger charge is 2.12. The van der Waals surface area contributed by atoms with Crippen molar-refractivity contribution in [3.05, 3.63) is 12.2 Å². The molecule has 25 heavy (non-hydrogen) atoms.